The van der Waals surface area contributed by atoms with E-state index < -0.39 is 0 Å². The van der Waals surface area contributed by atoms with Crippen molar-refractivity contribution in [3.05, 3.63) is 40.7 Å². The van der Waals surface area contributed by atoms with E-state index in [1.807, 2.05) is 45.5 Å². The molecule has 0 spiro atoms. The van der Waals surface area contributed by atoms with Gasteiger partial charge in [0, 0.05) is 29.2 Å². The fraction of sp³-hybridized carbons (Fsp3) is 0.421. The smallest absolute Gasteiger partial charge is 0.251 e. The second kappa shape index (κ2) is 7.15. The van der Waals surface area contributed by atoms with E-state index in [0.717, 1.165) is 22.7 Å². The predicted molar refractivity (Wildman–Crippen MR) is 104 cm³/mol. The largest absolute Gasteiger partial charge is 0.349 e. The minimum Gasteiger partial charge on any atom is -0.349 e. The molecular formula is C19H24N4O2S. The van der Waals surface area contributed by atoms with E-state index in [1.165, 1.54) is 17.3 Å². The van der Waals surface area contributed by atoms with Crippen molar-refractivity contribution in [3.8, 4) is 0 Å². The van der Waals surface area contributed by atoms with Gasteiger partial charge in [0.1, 0.15) is 0 Å². The Labute approximate surface area is 157 Å². The molecule has 0 aliphatic carbocycles. The van der Waals surface area contributed by atoms with E-state index in [0.29, 0.717) is 11.3 Å². The number of nitrogens with zero attached hydrogens (tertiary/aromatic N) is 2. The molecule has 1 aromatic heterocycles. The number of benzene rings is 1. The van der Waals surface area contributed by atoms with Gasteiger partial charge < -0.3 is 10.6 Å². The lowest BCUT2D eigenvalue weighted by Gasteiger charge is -2.22. The normalized spacial score (nSPS) is 17.4. The molecule has 0 radical (unpaired) electrons. The first-order chi connectivity index (χ1) is 12.3. The number of hydrogen-bond donors (Lipinski definition) is 2. The molecule has 0 bridgehead atoms. The first-order valence-corrected chi connectivity index (χ1v) is 9.55. The summed E-state index contributed by atoms with van der Waals surface area (Å²) in [7, 11) is 1.93. The third-order valence-corrected chi connectivity index (χ3v) is 5.90. The van der Waals surface area contributed by atoms with E-state index in [1.54, 1.807) is 12.1 Å². The third-order valence-electron chi connectivity index (χ3n) is 4.72. The maximum absolute atomic E-state index is 12.6. The molecule has 26 heavy (non-hydrogen) atoms. The fourth-order valence-corrected chi connectivity index (χ4v) is 4.06. The summed E-state index contributed by atoms with van der Waals surface area (Å²) in [4.78, 5) is 25.4. The van der Waals surface area contributed by atoms with Gasteiger partial charge in [-0.2, -0.15) is 5.10 Å². The van der Waals surface area contributed by atoms with Crippen LogP contribution in [-0.4, -0.2) is 32.9 Å². The highest BCUT2D eigenvalue weighted by Gasteiger charge is 2.24. The lowest BCUT2D eigenvalue weighted by molar-refractivity contribution is -0.115. The van der Waals surface area contributed by atoms with Crippen molar-refractivity contribution >= 4 is 29.3 Å². The number of anilines is 1. The van der Waals surface area contributed by atoms with E-state index in [-0.39, 0.29) is 23.1 Å². The molecule has 1 aliphatic rings. The summed E-state index contributed by atoms with van der Waals surface area (Å²) in [5.74, 6) is -0.173. The van der Waals surface area contributed by atoms with Crippen LogP contribution in [0, 0.1) is 13.8 Å². The SMILES string of the molecule is Cc1nn(C)c(C)c1CC(C)NC(=O)c1ccc2c(c1)NC(=O)C(C)S2. The molecule has 1 aromatic carbocycles. The number of rotatable bonds is 4. The van der Waals surface area contributed by atoms with Crippen molar-refractivity contribution in [2.24, 2.45) is 7.05 Å². The van der Waals surface area contributed by atoms with Gasteiger partial charge >= 0.3 is 0 Å². The Balaban J connectivity index is 1.70. The Bertz CT molecular complexity index is 875. The lowest BCUT2D eigenvalue weighted by Crippen LogP contribution is -2.34. The number of aryl methyl sites for hydroxylation is 2. The van der Waals surface area contributed by atoms with Crippen molar-refractivity contribution in [3.63, 3.8) is 0 Å². The molecule has 2 unspecified atom stereocenters. The van der Waals surface area contributed by atoms with Crippen LogP contribution in [0.3, 0.4) is 0 Å². The van der Waals surface area contributed by atoms with Crippen LogP contribution in [0.2, 0.25) is 0 Å². The van der Waals surface area contributed by atoms with Gasteiger partial charge in [-0.15, -0.1) is 11.8 Å². The minimum atomic E-state index is -0.141. The highest BCUT2D eigenvalue weighted by atomic mass is 32.2. The lowest BCUT2D eigenvalue weighted by atomic mass is 10.0. The zero-order valence-corrected chi connectivity index (χ0v) is 16.5. The molecule has 3 rings (SSSR count). The van der Waals surface area contributed by atoms with Crippen LogP contribution in [0.4, 0.5) is 5.69 Å². The number of amides is 2. The monoisotopic (exact) mass is 372 g/mol. The summed E-state index contributed by atoms with van der Waals surface area (Å²) in [6.07, 6.45) is 0.728. The van der Waals surface area contributed by atoms with Crippen LogP contribution < -0.4 is 10.6 Å². The topological polar surface area (TPSA) is 76.0 Å². The van der Waals surface area contributed by atoms with Gasteiger partial charge in [0.15, 0.2) is 0 Å². The molecule has 1 aliphatic heterocycles. The molecule has 138 valence electrons. The van der Waals surface area contributed by atoms with Crippen LogP contribution in [0.25, 0.3) is 0 Å². The van der Waals surface area contributed by atoms with Crippen molar-refractivity contribution in [1.82, 2.24) is 15.1 Å². The fourth-order valence-electron chi connectivity index (χ4n) is 3.13. The molecule has 2 heterocycles. The second-order valence-electron chi connectivity index (χ2n) is 6.81. The molecule has 7 heteroatoms. The van der Waals surface area contributed by atoms with Gasteiger partial charge in [-0.1, -0.05) is 0 Å². The van der Waals surface area contributed by atoms with Crippen molar-refractivity contribution in [1.29, 1.82) is 0 Å². The first-order valence-electron chi connectivity index (χ1n) is 8.67. The number of thioether (sulfide) groups is 1. The van der Waals surface area contributed by atoms with Crippen LogP contribution in [0.1, 0.15) is 41.2 Å². The summed E-state index contributed by atoms with van der Waals surface area (Å²) in [5.41, 5.74) is 4.53. The molecule has 2 N–H and O–H groups in total. The Morgan fingerprint density at radius 1 is 1.42 bits per heavy atom. The van der Waals surface area contributed by atoms with Gasteiger partial charge in [-0.25, -0.2) is 0 Å². The van der Waals surface area contributed by atoms with Gasteiger partial charge in [0.25, 0.3) is 5.91 Å². The zero-order chi connectivity index (χ0) is 19.0. The van der Waals surface area contributed by atoms with Gasteiger partial charge in [-0.05, 0) is 57.9 Å². The van der Waals surface area contributed by atoms with Crippen LogP contribution >= 0.6 is 11.8 Å². The van der Waals surface area contributed by atoms with Gasteiger partial charge in [0.05, 0.1) is 16.6 Å². The highest BCUT2D eigenvalue weighted by molar-refractivity contribution is 8.00. The van der Waals surface area contributed by atoms with Crippen LogP contribution in [0.15, 0.2) is 23.1 Å². The first kappa shape index (κ1) is 18.5. The minimum absolute atomic E-state index is 0.0240. The van der Waals surface area contributed by atoms with Crippen molar-refractivity contribution in [2.45, 2.75) is 50.3 Å². The van der Waals surface area contributed by atoms with Crippen molar-refractivity contribution < 1.29 is 9.59 Å². The Kier molecular flexibility index (Phi) is 5.09. The quantitative estimate of drug-likeness (QED) is 0.865. The number of hydrogen-bond acceptors (Lipinski definition) is 4. The zero-order valence-electron chi connectivity index (χ0n) is 15.7. The standard InChI is InChI=1S/C19H24N4O2S/c1-10(8-15-11(2)22-23(5)12(15)3)20-19(25)14-6-7-17-16(9-14)21-18(24)13(4)26-17/h6-7,9-10,13H,8H2,1-5H3,(H,20,25)(H,21,24). The number of carbonyl (C=O) groups excluding carboxylic acids is 2. The summed E-state index contributed by atoms with van der Waals surface area (Å²) in [6, 6.07) is 5.42. The van der Waals surface area contributed by atoms with Crippen molar-refractivity contribution in [2.75, 3.05) is 5.32 Å². The van der Waals surface area contributed by atoms with E-state index >= 15 is 0 Å². The maximum atomic E-state index is 12.6. The Morgan fingerprint density at radius 3 is 2.81 bits per heavy atom. The number of nitrogens with one attached hydrogen (secondary N) is 2. The molecule has 0 fully saturated rings. The summed E-state index contributed by atoms with van der Waals surface area (Å²) >= 11 is 1.51. The number of fused-ring (bicyclic) bond motifs is 1. The Morgan fingerprint density at radius 2 is 2.15 bits per heavy atom. The Hall–Kier alpha value is -2.28. The van der Waals surface area contributed by atoms with Crippen LogP contribution in [0.5, 0.6) is 0 Å². The average Bonchev–Trinajstić information content (AvgIpc) is 2.81. The number of aromatic nitrogens is 2. The summed E-state index contributed by atoms with van der Waals surface area (Å²) < 4.78 is 1.87. The average molecular weight is 372 g/mol. The maximum Gasteiger partial charge on any atom is 0.251 e. The van der Waals surface area contributed by atoms with Gasteiger partial charge in [-0.3, -0.25) is 14.3 Å². The van der Waals surface area contributed by atoms with Crippen LogP contribution in [-0.2, 0) is 18.3 Å². The molecule has 0 saturated carbocycles. The molecule has 0 saturated heterocycles. The summed E-state index contributed by atoms with van der Waals surface area (Å²) in [5, 5.41) is 10.2. The molecule has 2 amide bonds. The van der Waals surface area contributed by atoms with E-state index in [9.17, 15) is 9.59 Å². The predicted octanol–water partition coefficient (Wildman–Crippen LogP) is 2.83. The molecule has 2 aromatic rings. The van der Waals surface area contributed by atoms with Gasteiger partial charge in [0.2, 0.25) is 5.91 Å². The van der Waals surface area contributed by atoms with E-state index in [4.69, 9.17) is 0 Å². The second-order valence-corrected chi connectivity index (χ2v) is 8.19. The molecule has 6 nitrogen and oxygen atoms in total. The number of carbonyl (C=O) groups is 2. The summed E-state index contributed by atoms with van der Waals surface area (Å²) in [6.45, 7) is 7.88. The molecular weight excluding hydrogens is 348 g/mol. The third kappa shape index (κ3) is 3.62. The van der Waals surface area contributed by atoms with E-state index in [2.05, 4.69) is 15.7 Å². The highest BCUT2D eigenvalue weighted by Crippen LogP contribution is 2.35. The molecule has 2 atom stereocenters.